The Bertz CT molecular complexity index is 1020. The van der Waals surface area contributed by atoms with Gasteiger partial charge in [0.15, 0.2) is 0 Å². The van der Waals surface area contributed by atoms with E-state index >= 15 is 0 Å². The topological polar surface area (TPSA) is 51.2 Å². The molecule has 3 aromatic rings. The van der Waals surface area contributed by atoms with Crippen LogP contribution >= 0.6 is 0 Å². The number of hydrogen-bond donors (Lipinski definition) is 1. The van der Waals surface area contributed by atoms with Crippen molar-refractivity contribution in [2.75, 3.05) is 7.11 Å². The molecule has 26 heavy (non-hydrogen) atoms. The van der Waals surface area contributed by atoms with Crippen molar-refractivity contribution in [3.63, 3.8) is 0 Å². The average Bonchev–Trinajstić information content (AvgIpc) is 3.04. The van der Waals surface area contributed by atoms with E-state index in [1.807, 2.05) is 12.1 Å². The monoisotopic (exact) mass is 350 g/mol. The van der Waals surface area contributed by atoms with Crippen molar-refractivity contribution in [1.29, 1.82) is 0 Å². The van der Waals surface area contributed by atoms with E-state index < -0.39 is 0 Å². The highest BCUT2D eigenvalue weighted by molar-refractivity contribution is 5.98. The Morgan fingerprint density at radius 2 is 2.08 bits per heavy atom. The number of carbonyl (C=O) groups is 1. The fourth-order valence-corrected chi connectivity index (χ4v) is 3.65. The van der Waals surface area contributed by atoms with Gasteiger partial charge in [-0.25, -0.2) is 9.37 Å². The number of aromatic nitrogens is 1. The van der Waals surface area contributed by atoms with Gasteiger partial charge >= 0.3 is 0 Å². The number of halogens is 1. The molecule has 0 bridgehead atoms. The minimum atomic E-state index is -0.352. The van der Waals surface area contributed by atoms with Gasteiger partial charge in [0.1, 0.15) is 17.3 Å². The van der Waals surface area contributed by atoms with Crippen LogP contribution in [0.25, 0.3) is 10.9 Å². The molecule has 1 heterocycles. The summed E-state index contributed by atoms with van der Waals surface area (Å²) >= 11 is 0. The predicted molar refractivity (Wildman–Crippen MR) is 98.0 cm³/mol. The number of pyridine rings is 1. The molecule has 2 aromatic carbocycles. The van der Waals surface area contributed by atoms with Crippen molar-refractivity contribution in [1.82, 2.24) is 10.3 Å². The lowest BCUT2D eigenvalue weighted by Crippen LogP contribution is -2.28. The third-order valence-corrected chi connectivity index (χ3v) is 4.92. The minimum absolute atomic E-state index is 0.0171. The van der Waals surface area contributed by atoms with Crippen LogP contribution in [-0.4, -0.2) is 18.0 Å². The summed E-state index contributed by atoms with van der Waals surface area (Å²) in [7, 11) is 1.50. The number of fused-ring (bicyclic) bond motifs is 2. The molecule has 4 rings (SSSR count). The molecule has 0 spiro atoms. The van der Waals surface area contributed by atoms with E-state index in [4.69, 9.17) is 4.74 Å². The number of nitrogens with one attached hydrogen (secondary N) is 1. The first-order chi connectivity index (χ1) is 12.6. The van der Waals surface area contributed by atoms with Crippen LogP contribution in [0.3, 0.4) is 0 Å². The normalized spacial score (nSPS) is 15.7. The summed E-state index contributed by atoms with van der Waals surface area (Å²) in [6.45, 7) is 1.77. The molecule has 1 aliphatic carbocycles. The van der Waals surface area contributed by atoms with Gasteiger partial charge in [-0.1, -0.05) is 24.3 Å². The van der Waals surface area contributed by atoms with Crippen LogP contribution in [0.4, 0.5) is 4.39 Å². The molecule has 0 radical (unpaired) electrons. The summed E-state index contributed by atoms with van der Waals surface area (Å²) in [5.41, 5.74) is 3.94. The molecule has 1 atom stereocenters. The second kappa shape index (κ2) is 6.41. The van der Waals surface area contributed by atoms with Crippen molar-refractivity contribution in [3.8, 4) is 5.75 Å². The zero-order valence-corrected chi connectivity index (χ0v) is 14.7. The van der Waals surface area contributed by atoms with Crippen molar-refractivity contribution in [2.45, 2.75) is 25.8 Å². The first-order valence-electron chi connectivity index (χ1n) is 8.60. The van der Waals surface area contributed by atoms with Crippen LogP contribution in [0.15, 0.2) is 42.5 Å². The maximum atomic E-state index is 13.7. The first kappa shape index (κ1) is 16.5. The van der Waals surface area contributed by atoms with E-state index in [1.165, 1.54) is 24.8 Å². The third kappa shape index (κ3) is 2.79. The van der Waals surface area contributed by atoms with Gasteiger partial charge in [0.05, 0.1) is 18.7 Å². The highest BCUT2D eigenvalue weighted by Crippen LogP contribution is 2.32. The van der Waals surface area contributed by atoms with Gasteiger partial charge in [-0.05, 0) is 48.6 Å². The Morgan fingerprint density at radius 3 is 2.88 bits per heavy atom. The van der Waals surface area contributed by atoms with Gasteiger partial charge in [-0.15, -0.1) is 0 Å². The lowest BCUT2D eigenvalue weighted by molar-refractivity contribution is 0.0931. The molecule has 1 unspecified atom stereocenters. The summed E-state index contributed by atoms with van der Waals surface area (Å²) in [5.74, 6) is -0.167. The number of methoxy groups -OCH3 is 1. The maximum Gasteiger partial charge on any atom is 0.270 e. The molecule has 5 heteroatoms. The van der Waals surface area contributed by atoms with E-state index in [0.29, 0.717) is 22.2 Å². The fraction of sp³-hybridized carbons (Fsp3) is 0.238. The number of rotatable bonds is 3. The number of hydrogen-bond acceptors (Lipinski definition) is 3. The smallest absolute Gasteiger partial charge is 0.270 e. The van der Waals surface area contributed by atoms with Gasteiger partial charge in [-0.2, -0.15) is 0 Å². The molecular formula is C21H19FN2O2. The molecule has 0 aliphatic heterocycles. The van der Waals surface area contributed by atoms with Crippen molar-refractivity contribution in [2.24, 2.45) is 0 Å². The van der Waals surface area contributed by atoms with E-state index in [-0.39, 0.29) is 23.5 Å². The number of benzene rings is 2. The summed E-state index contributed by atoms with van der Waals surface area (Å²) in [6.07, 6.45) is 1.83. The van der Waals surface area contributed by atoms with Crippen molar-refractivity contribution < 1.29 is 13.9 Å². The summed E-state index contributed by atoms with van der Waals surface area (Å²) in [5, 5.41) is 3.63. The largest absolute Gasteiger partial charge is 0.496 e. The van der Waals surface area contributed by atoms with Crippen LogP contribution in [-0.2, 0) is 6.42 Å². The Balaban J connectivity index is 1.69. The van der Waals surface area contributed by atoms with E-state index in [2.05, 4.69) is 22.4 Å². The minimum Gasteiger partial charge on any atom is -0.496 e. The van der Waals surface area contributed by atoms with Gasteiger partial charge in [-0.3, -0.25) is 4.79 Å². The van der Waals surface area contributed by atoms with E-state index in [1.54, 1.807) is 13.0 Å². The second-order valence-electron chi connectivity index (χ2n) is 6.59. The van der Waals surface area contributed by atoms with Crippen molar-refractivity contribution >= 4 is 16.8 Å². The maximum absolute atomic E-state index is 13.7. The highest BCUT2D eigenvalue weighted by atomic mass is 19.1. The standard InChI is InChI=1S/C21H19FN2O2/c1-12-9-14(22)10-16-19(26-2)11-18(23-20(12)16)21(25)24-17-8-7-13-5-3-4-6-15(13)17/h3-6,9-11,17H,7-8H2,1-2H3,(H,24,25). The van der Waals surface area contributed by atoms with Gasteiger partial charge < -0.3 is 10.1 Å². The van der Waals surface area contributed by atoms with Crippen LogP contribution in [0, 0.1) is 12.7 Å². The number of amides is 1. The molecule has 0 saturated heterocycles. The fourth-order valence-electron chi connectivity index (χ4n) is 3.65. The van der Waals surface area contributed by atoms with Crippen molar-refractivity contribution in [3.05, 3.63) is 70.7 Å². The average molecular weight is 350 g/mol. The molecule has 1 aromatic heterocycles. The number of nitrogens with zero attached hydrogens (tertiary/aromatic N) is 1. The molecule has 1 amide bonds. The summed E-state index contributed by atoms with van der Waals surface area (Å²) in [6, 6.07) is 12.5. The zero-order chi connectivity index (χ0) is 18.3. The Morgan fingerprint density at radius 1 is 1.27 bits per heavy atom. The molecule has 0 fully saturated rings. The highest BCUT2D eigenvalue weighted by Gasteiger charge is 2.25. The van der Waals surface area contributed by atoms with Crippen LogP contribution in [0.1, 0.15) is 39.6 Å². The molecule has 1 aliphatic rings. The first-order valence-corrected chi connectivity index (χ1v) is 8.60. The molecule has 0 saturated carbocycles. The van der Waals surface area contributed by atoms with Gasteiger partial charge in [0.2, 0.25) is 0 Å². The lowest BCUT2D eigenvalue weighted by Gasteiger charge is -2.15. The number of carbonyl (C=O) groups excluding carboxylic acids is 1. The van der Waals surface area contributed by atoms with Crippen LogP contribution < -0.4 is 10.1 Å². The predicted octanol–water partition coefficient (Wildman–Crippen LogP) is 4.11. The quantitative estimate of drug-likeness (QED) is 0.773. The third-order valence-electron chi connectivity index (χ3n) is 4.92. The molecule has 132 valence electrons. The van der Waals surface area contributed by atoms with Crippen LogP contribution in [0.5, 0.6) is 5.75 Å². The molecule has 1 N–H and O–H groups in total. The lowest BCUT2D eigenvalue weighted by atomic mass is 10.1. The SMILES string of the molecule is COc1cc(C(=O)NC2CCc3ccccc32)nc2c(C)cc(F)cc12. The molecular weight excluding hydrogens is 331 g/mol. The molecule has 4 nitrogen and oxygen atoms in total. The van der Waals surface area contributed by atoms with E-state index in [0.717, 1.165) is 18.4 Å². The summed E-state index contributed by atoms with van der Waals surface area (Å²) in [4.78, 5) is 17.3. The van der Waals surface area contributed by atoms with E-state index in [9.17, 15) is 9.18 Å². The van der Waals surface area contributed by atoms with Crippen LogP contribution in [0.2, 0.25) is 0 Å². The van der Waals surface area contributed by atoms with Gasteiger partial charge in [0, 0.05) is 11.5 Å². The Kier molecular flexibility index (Phi) is 4.07. The van der Waals surface area contributed by atoms with Gasteiger partial charge in [0.25, 0.3) is 5.91 Å². The Hall–Kier alpha value is -2.95. The number of aryl methyl sites for hydroxylation is 2. The second-order valence-corrected chi connectivity index (χ2v) is 6.59. The number of ether oxygens (including phenoxy) is 1. The summed E-state index contributed by atoms with van der Waals surface area (Å²) < 4.78 is 19.1. The Labute approximate surface area is 151 Å². The zero-order valence-electron chi connectivity index (χ0n) is 14.7.